The number of sulfonamides is 1. The van der Waals surface area contributed by atoms with Gasteiger partial charge >= 0.3 is 6.09 Å². The molecule has 12 heteroatoms. The number of benzene rings is 1. The smallest absolute Gasteiger partial charge is 0.404 e. The zero-order valence-corrected chi connectivity index (χ0v) is 20.7. The fourth-order valence-corrected chi connectivity index (χ4v) is 5.11. The minimum absolute atomic E-state index is 0.0174. The number of anilines is 3. The summed E-state index contributed by atoms with van der Waals surface area (Å²) in [5.74, 6) is 1.20. The van der Waals surface area contributed by atoms with Crippen molar-refractivity contribution in [1.29, 1.82) is 0 Å². The summed E-state index contributed by atoms with van der Waals surface area (Å²) < 4.78 is 28.7. The maximum atomic E-state index is 11.5. The number of hydrogen-bond donors (Lipinski definition) is 4. The SMILES string of the molecule is CC(C)(C)C(NC(=O)O)C1CCN(c2nc(Nc3ccc(S(N)(=O)=O)cc3)nc3ccoc23)CC1. The first-order chi connectivity index (χ1) is 16.4. The zero-order chi connectivity index (χ0) is 25.4. The molecule has 0 saturated carbocycles. The Morgan fingerprint density at radius 1 is 1.17 bits per heavy atom. The van der Waals surface area contributed by atoms with Gasteiger partial charge in [0.05, 0.1) is 11.2 Å². The number of nitrogens with zero attached hydrogens (tertiary/aromatic N) is 3. The number of nitrogens with one attached hydrogen (secondary N) is 2. The lowest BCUT2D eigenvalue weighted by Gasteiger charge is -2.41. The van der Waals surface area contributed by atoms with Gasteiger partial charge in [-0.2, -0.15) is 4.98 Å². The van der Waals surface area contributed by atoms with Crippen LogP contribution in [0, 0.1) is 11.3 Å². The average Bonchev–Trinajstić information content (AvgIpc) is 3.25. The number of fused-ring (bicyclic) bond motifs is 1. The quantitative estimate of drug-likeness (QED) is 0.395. The van der Waals surface area contributed by atoms with Gasteiger partial charge in [0, 0.05) is 30.9 Å². The number of hydrogen-bond acceptors (Lipinski definition) is 8. The number of primary sulfonamides is 1. The fourth-order valence-electron chi connectivity index (χ4n) is 4.59. The van der Waals surface area contributed by atoms with E-state index in [0.29, 0.717) is 41.6 Å². The third kappa shape index (κ3) is 5.65. The van der Waals surface area contributed by atoms with E-state index in [0.717, 1.165) is 12.8 Å². The highest BCUT2D eigenvalue weighted by Crippen LogP contribution is 2.35. The van der Waals surface area contributed by atoms with Gasteiger partial charge in [0.1, 0.15) is 5.52 Å². The van der Waals surface area contributed by atoms with Gasteiger partial charge in [-0.15, -0.1) is 0 Å². The largest absolute Gasteiger partial charge is 0.465 e. The number of aromatic nitrogens is 2. The highest BCUT2D eigenvalue weighted by Gasteiger charge is 2.36. The lowest BCUT2D eigenvalue weighted by molar-refractivity contribution is 0.142. The Kier molecular flexibility index (Phi) is 6.60. The summed E-state index contributed by atoms with van der Waals surface area (Å²) in [4.78, 5) is 22.7. The third-order valence-electron chi connectivity index (χ3n) is 6.25. The lowest BCUT2D eigenvalue weighted by atomic mass is 9.75. The van der Waals surface area contributed by atoms with Gasteiger partial charge in [0.15, 0.2) is 11.4 Å². The number of nitrogens with two attached hydrogens (primary N) is 1. The minimum Gasteiger partial charge on any atom is -0.465 e. The van der Waals surface area contributed by atoms with Crippen molar-refractivity contribution in [2.75, 3.05) is 23.3 Å². The summed E-state index contributed by atoms with van der Waals surface area (Å²) >= 11 is 0. The van der Waals surface area contributed by atoms with Crippen LogP contribution in [-0.2, 0) is 10.0 Å². The first-order valence-electron chi connectivity index (χ1n) is 11.3. The van der Waals surface area contributed by atoms with Gasteiger partial charge in [-0.25, -0.2) is 23.3 Å². The Hall–Kier alpha value is -3.38. The van der Waals surface area contributed by atoms with E-state index in [-0.39, 0.29) is 22.3 Å². The molecule has 2 aromatic heterocycles. The molecule has 35 heavy (non-hydrogen) atoms. The summed E-state index contributed by atoms with van der Waals surface area (Å²) in [6, 6.07) is 7.61. The van der Waals surface area contributed by atoms with Gasteiger partial charge in [-0.1, -0.05) is 20.8 Å². The molecular weight excluding hydrogens is 472 g/mol. The van der Waals surface area contributed by atoms with E-state index in [1.807, 2.05) is 20.8 Å². The second kappa shape index (κ2) is 9.34. The first kappa shape index (κ1) is 24.7. The van der Waals surface area contributed by atoms with E-state index in [1.165, 1.54) is 12.1 Å². The maximum Gasteiger partial charge on any atom is 0.404 e. The van der Waals surface area contributed by atoms with Gasteiger partial charge in [-0.3, -0.25) is 0 Å². The highest BCUT2D eigenvalue weighted by molar-refractivity contribution is 7.89. The molecule has 188 valence electrons. The van der Waals surface area contributed by atoms with Crippen molar-refractivity contribution in [3.8, 4) is 0 Å². The van der Waals surface area contributed by atoms with Crippen LogP contribution < -0.4 is 20.7 Å². The van der Waals surface area contributed by atoms with Crippen molar-refractivity contribution in [3.63, 3.8) is 0 Å². The van der Waals surface area contributed by atoms with Crippen LogP contribution in [0.5, 0.6) is 0 Å². The topological polar surface area (TPSA) is 164 Å². The van der Waals surface area contributed by atoms with Crippen LogP contribution in [0.15, 0.2) is 45.9 Å². The molecule has 4 rings (SSSR count). The monoisotopic (exact) mass is 502 g/mol. The Labute approximate surface area is 203 Å². The van der Waals surface area contributed by atoms with E-state index in [9.17, 15) is 18.3 Å². The Bertz CT molecular complexity index is 1310. The van der Waals surface area contributed by atoms with Gasteiger partial charge in [-0.05, 0) is 48.4 Å². The van der Waals surface area contributed by atoms with Crippen molar-refractivity contribution in [1.82, 2.24) is 15.3 Å². The normalized spacial score (nSPS) is 16.3. The summed E-state index contributed by atoms with van der Waals surface area (Å²) in [7, 11) is -3.78. The molecule has 0 bridgehead atoms. The molecule has 1 saturated heterocycles. The molecule has 1 aromatic carbocycles. The number of carbonyl (C=O) groups is 1. The van der Waals surface area contributed by atoms with Crippen molar-refractivity contribution < 1.29 is 22.7 Å². The van der Waals surface area contributed by atoms with Crippen molar-refractivity contribution in [2.45, 2.75) is 44.6 Å². The lowest BCUT2D eigenvalue weighted by Crippen LogP contribution is -2.51. The van der Waals surface area contributed by atoms with E-state index in [1.54, 1.807) is 24.5 Å². The minimum atomic E-state index is -3.78. The third-order valence-corrected chi connectivity index (χ3v) is 7.18. The highest BCUT2D eigenvalue weighted by atomic mass is 32.2. The van der Waals surface area contributed by atoms with Crippen molar-refractivity contribution in [3.05, 3.63) is 36.6 Å². The molecule has 1 atom stereocenters. The Morgan fingerprint density at radius 3 is 2.40 bits per heavy atom. The molecule has 5 N–H and O–H groups in total. The van der Waals surface area contributed by atoms with Crippen molar-refractivity contribution >= 4 is 44.7 Å². The van der Waals surface area contributed by atoms with Crippen LogP contribution in [-0.4, -0.2) is 48.7 Å². The molecule has 0 aliphatic carbocycles. The molecule has 1 aliphatic heterocycles. The number of rotatable bonds is 6. The number of furan rings is 1. The molecule has 1 amide bonds. The van der Waals surface area contributed by atoms with E-state index >= 15 is 0 Å². The standard InChI is InChI=1S/C23H30N6O5S/c1-23(2,3)19(27-22(30)31)14-8-11-29(12-9-14)20-18-17(10-13-34-18)26-21(28-20)25-15-4-6-16(7-5-15)35(24,32)33/h4-7,10,13-14,19,27H,8-9,11-12H2,1-3H3,(H,30,31)(H2,24,32,33)(H,25,26,28). The molecule has 1 fully saturated rings. The average molecular weight is 503 g/mol. The number of amides is 1. The number of carboxylic acid groups (broad SMARTS) is 1. The molecular formula is C23H30N6O5S. The Balaban J connectivity index is 1.54. The fraction of sp³-hybridized carbons (Fsp3) is 0.435. The van der Waals surface area contributed by atoms with Crippen LogP contribution in [0.1, 0.15) is 33.6 Å². The van der Waals surface area contributed by atoms with Crippen LogP contribution in [0.3, 0.4) is 0 Å². The van der Waals surface area contributed by atoms with Crippen LogP contribution in [0.25, 0.3) is 11.1 Å². The molecule has 3 aromatic rings. The predicted molar refractivity (Wildman–Crippen MR) is 132 cm³/mol. The maximum absolute atomic E-state index is 11.5. The molecule has 11 nitrogen and oxygen atoms in total. The van der Waals surface area contributed by atoms with E-state index in [2.05, 4.69) is 25.5 Å². The molecule has 0 radical (unpaired) electrons. The first-order valence-corrected chi connectivity index (χ1v) is 12.9. The van der Waals surface area contributed by atoms with Gasteiger partial charge < -0.3 is 25.1 Å². The van der Waals surface area contributed by atoms with Crippen LogP contribution in [0.2, 0.25) is 0 Å². The second-order valence-electron chi connectivity index (χ2n) is 9.82. The Morgan fingerprint density at radius 2 is 1.83 bits per heavy atom. The zero-order valence-electron chi connectivity index (χ0n) is 19.9. The molecule has 3 heterocycles. The predicted octanol–water partition coefficient (Wildman–Crippen LogP) is 3.51. The van der Waals surface area contributed by atoms with Gasteiger partial charge in [0.25, 0.3) is 0 Å². The van der Waals surface area contributed by atoms with E-state index in [4.69, 9.17) is 9.56 Å². The summed E-state index contributed by atoms with van der Waals surface area (Å²) in [6.07, 6.45) is 2.15. The summed E-state index contributed by atoms with van der Waals surface area (Å²) in [6.45, 7) is 7.51. The molecule has 1 aliphatic rings. The second-order valence-corrected chi connectivity index (χ2v) is 11.4. The van der Waals surface area contributed by atoms with Gasteiger partial charge in [0.2, 0.25) is 16.0 Å². The summed E-state index contributed by atoms with van der Waals surface area (Å²) in [5.41, 5.74) is 1.62. The molecule has 0 spiro atoms. The summed E-state index contributed by atoms with van der Waals surface area (Å²) in [5, 5.41) is 20.3. The van der Waals surface area contributed by atoms with Crippen LogP contribution in [0.4, 0.5) is 22.2 Å². The van der Waals surface area contributed by atoms with Crippen LogP contribution >= 0.6 is 0 Å². The van der Waals surface area contributed by atoms with E-state index < -0.39 is 16.1 Å². The van der Waals surface area contributed by atoms with Crippen molar-refractivity contribution in [2.24, 2.45) is 16.5 Å². The molecule has 1 unspecified atom stereocenters. The number of piperidine rings is 1.